The molecule has 1 fully saturated rings. The van der Waals surface area contributed by atoms with Crippen LogP contribution in [0, 0.1) is 0 Å². The van der Waals surface area contributed by atoms with E-state index in [9.17, 15) is 0 Å². The predicted octanol–water partition coefficient (Wildman–Crippen LogP) is 3.53. The molecule has 1 heterocycles. The van der Waals surface area contributed by atoms with Crippen molar-refractivity contribution in [1.82, 2.24) is 0 Å². The maximum Gasteiger partial charge on any atom is 0.0810 e. The van der Waals surface area contributed by atoms with Crippen LogP contribution in [0.25, 0.3) is 0 Å². The second-order valence-corrected chi connectivity index (χ2v) is 3.87. The van der Waals surface area contributed by atoms with Crippen LogP contribution in [0.15, 0.2) is 0 Å². The number of ether oxygens (including phenoxy) is 1. The van der Waals surface area contributed by atoms with Gasteiger partial charge in [0.25, 0.3) is 0 Å². The standard InChI is InChI=1S/C11H22O/c1-2-3-4-5-6-7-8-9-11-10-12-11/h11H,2-10H2,1H3/t11-/m0/s1. The summed E-state index contributed by atoms with van der Waals surface area (Å²) in [6.45, 7) is 3.31. The lowest BCUT2D eigenvalue weighted by Gasteiger charge is -1.98. The van der Waals surface area contributed by atoms with Crippen molar-refractivity contribution in [2.75, 3.05) is 6.61 Å². The van der Waals surface area contributed by atoms with Crippen molar-refractivity contribution < 1.29 is 4.74 Å². The summed E-state index contributed by atoms with van der Waals surface area (Å²) in [5, 5.41) is 0. The number of hydrogen-bond acceptors (Lipinski definition) is 1. The molecule has 0 aromatic rings. The lowest BCUT2D eigenvalue weighted by molar-refractivity contribution is 0.387. The lowest BCUT2D eigenvalue weighted by Crippen LogP contribution is -1.85. The van der Waals surface area contributed by atoms with E-state index in [0.717, 1.165) is 6.61 Å². The van der Waals surface area contributed by atoms with Crippen LogP contribution < -0.4 is 0 Å². The first-order chi connectivity index (χ1) is 5.93. The van der Waals surface area contributed by atoms with Crippen LogP contribution in [0.1, 0.15) is 58.3 Å². The minimum absolute atomic E-state index is 0.653. The Morgan fingerprint density at radius 1 is 1.00 bits per heavy atom. The summed E-state index contributed by atoms with van der Waals surface area (Å²) in [4.78, 5) is 0. The highest BCUT2D eigenvalue weighted by Gasteiger charge is 2.20. The molecule has 1 heteroatoms. The van der Waals surface area contributed by atoms with Crippen molar-refractivity contribution in [1.29, 1.82) is 0 Å². The van der Waals surface area contributed by atoms with E-state index in [1.54, 1.807) is 0 Å². The van der Waals surface area contributed by atoms with Gasteiger partial charge in [0.2, 0.25) is 0 Å². The summed E-state index contributed by atoms with van der Waals surface area (Å²) in [7, 11) is 0. The van der Waals surface area contributed by atoms with Gasteiger partial charge in [-0.05, 0) is 6.42 Å². The Labute approximate surface area is 76.5 Å². The smallest absolute Gasteiger partial charge is 0.0810 e. The third kappa shape index (κ3) is 5.59. The van der Waals surface area contributed by atoms with E-state index in [4.69, 9.17) is 4.74 Å². The molecule has 1 aliphatic heterocycles. The van der Waals surface area contributed by atoms with E-state index in [1.165, 1.54) is 51.4 Å². The van der Waals surface area contributed by atoms with Gasteiger partial charge in [-0.15, -0.1) is 0 Å². The third-order valence-electron chi connectivity index (χ3n) is 2.53. The molecule has 0 saturated carbocycles. The molecular formula is C11H22O. The van der Waals surface area contributed by atoms with E-state index in [-0.39, 0.29) is 0 Å². The maximum absolute atomic E-state index is 5.15. The maximum atomic E-state index is 5.15. The zero-order chi connectivity index (χ0) is 8.65. The zero-order valence-corrected chi connectivity index (χ0v) is 8.35. The summed E-state index contributed by atoms with van der Waals surface area (Å²) in [6, 6.07) is 0. The Balaban J connectivity index is 1.65. The summed E-state index contributed by atoms with van der Waals surface area (Å²) in [5.74, 6) is 0. The third-order valence-corrected chi connectivity index (χ3v) is 2.53. The molecule has 0 radical (unpaired) electrons. The first kappa shape index (κ1) is 10.0. The van der Waals surface area contributed by atoms with Crippen molar-refractivity contribution >= 4 is 0 Å². The number of epoxide rings is 1. The SMILES string of the molecule is CCCCCCCCC[C@H]1CO1. The van der Waals surface area contributed by atoms with Crippen molar-refractivity contribution in [3.63, 3.8) is 0 Å². The molecule has 0 N–H and O–H groups in total. The van der Waals surface area contributed by atoms with Gasteiger partial charge in [-0.2, -0.15) is 0 Å². The molecule has 0 aliphatic carbocycles. The highest BCUT2D eigenvalue weighted by atomic mass is 16.6. The molecule has 0 spiro atoms. The first-order valence-corrected chi connectivity index (χ1v) is 5.55. The minimum Gasteiger partial charge on any atom is -0.373 e. The minimum atomic E-state index is 0.653. The van der Waals surface area contributed by atoms with Crippen LogP contribution in [0.2, 0.25) is 0 Å². The number of unbranched alkanes of at least 4 members (excludes halogenated alkanes) is 6. The Kier molecular flexibility index (Phi) is 5.42. The van der Waals surface area contributed by atoms with Gasteiger partial charge in [-0.1, -0.05) is 51.9 Å². The Morgan fingerprint density at radius 3 is 2.17 bits per heavy atom. The van der Waals surface area contributed by atoms with E-state index in [2.05, 4.69) is 6.92 Å². The quantitative estimate of drug-likeness (QED) is 0.401. The molecule has 0 aromatic heterocycles. The van der Waals surface area contributed by atoms with Gasteiger partial charge in [0.1, 0.15) is 0 Å². The Hall–Kier alpha value is -0.0400. The fourth-order valence-corrected chi connectivity index (χ4v) is 1.56. The highest BCUT2D eigenvalue weighted by Crippen LogP contribution is 2.18. The summed E-state index contributed by atoms with van der Waals surface area (Å²) < 4.78 is 5.15. The molecular weight excluding hydrogens is 148 g/mol. The Bertz CT molecular complexity index is 97.2. The van der Waals surface area contributed by atoms with Crippen LogP contribution in [-0.4, -0.2) is 12.7 Å². The first-order valence-electron chi connectivity index (χ1n) is 5.55. The van der Waals surface area contributed by atoms with Crippen LogP contribution in [0.4, 0.5) is 0 Å². The molecule has 1 atom stereocenters. The highest BCUT2D eigenvalue weighted by molar-refractivity contribution is 4.68. The summed E-state index contributed by atoms with van der Waals surface area (Å²) in [6.07, 6.45) is 11.9. The molecule has 0 bridgehead atoms. The monoisotopic (exact) mass is 170 g/mol. The fraction of sp³-hybridized carbons (Fsp3) is 1.00. The summed E-state index contributed by atoms with van der Waals surface area (Å²) >= 11 is 0. The van der Waals surface area contributed by atoms with Gasteiger partial charge in [0, 0.05) is 0 Å². The molecule has 12 heavy (non-hydrogen) atoms. The largest absolute Gasteiger partial charge is 0.373 e. The van der Waals surface area contributed by atoms with Crippen LogP contribution in [0.3, 0.4) is 0 Å². The van der Waals surface area contributed by atoms with Crippen LogP contribution in [0.5, 0.6) is 0 Å². The average Bonchev–Trinajstić information content (AvgIpc) is 2.87. The van der Waals surface area contributed by atoms with Crippen molar-refractivity contribution in [2.45, 2.75) is 64.4 Å². The van der Waals surface area contributed by atoms with E-state index in [1.807, 2.05) is 0 Å². The molecule has 1 aliphatic rings. The van der Waals surface area contributed by atoms with Gasteiger partial charge in [-0.25, -0.2) is 0 Å². The molecule has 0 aromatic carbocycles. The second-order valence-electron chi connectivity index (χ2n) is 3.87. The zero-order valence-electron chi connectivity index (χ0n) is 8.35. The number of rotatable bonds is 8. The van der Waals surface area contributed by atoms with Gasteiger partial charge in [0.05, 0.1) is 12.7 Å². The predicted molar refractivity (Wildman–Crippen MR) is 52.4 cm³/mol. The van der Waals surface area contributed by atoms with E-state index in [0.29, 0.717) is 6.10 Å². The topological polar surface area (TPSA) is 12.5 Å². The van der Waals surface area contributed by atoms with Gasteiger partial charge < -0.3 is 4.74 Å². The number of hydrogen-bond donors (Lipinski definition) is 0. The van der Waals surface area contributed by atoms with Gasteiger partial charge in [-0.3, -0.25) is 0 Å². The lowest BCUT2D eigenvalue weighted by atomic mass is 10.1. The van der Waals surface area contributed by atoms with Gasteiger partial charge in [0.15, 0.2) is 0 Å². The van der Waals surface area contributed by atoms with Crippen molar-refractivity contribution in [2.24, 2.45) is 0 Å². The van der Waals surface area contributed by atoms with Crippen LogP contribution >= 0.6 is 0 Å². The molecule has 0 amide bonds. The second kappa shape index (κ2) is 6.47. The molecule has 72 valence electrons. The van der Waals surface area contributed by atoms with Crippen LogP contribution in [-0.2, 0) is 4.74 Å². The molecule has 1 saturated heterocycles. The van der Waals surface area contributed by atoms with Gasteiger partial charge >= 0.3 is 0 Å². The fourth-order valence-electron chi connectivity index (χ4n) is 1.56. The van der Waals surface area contributed by atoms with Crippen molar-refractivity contribution in [3.05, 3.63) is 0 Å². The molecule has 1 rings (SSSR count). The summed E-state index contributed by atoms with van der Waals surface area (Å²) in [5.41, 5.74) is 0. The van der Waals surface area contributed by atoms with E-state index < -0.39 is 0 Å². The van der Waals surface area contributed by atoms with E-state index >= 15 is 0 Å². The molecule has 0 unspecified atom stereocenters. The Morgan fingerprint density at radius 2 is 1.58 bits per heavy atom. The normalized spacial score (nSPS) is 21.2. The van der Waals surface area contributed by atoms with Crippen molar-refractivity contribution in [3.8, 4) is 0 Å². The molecule has 1 nitrogen and oxygen atoms in total. The average molecular weight is 170 g/mol.